The third-order valence-electron chi connectivity index (χ3n) is 2.82. The molecule has 0 fully saturated rings. The van der Waals surface area contributed by atoms with Gasteiger partial charge in [0.1, 0.15) is 17.4 Å². The van der Waals surface area contributed by atoms with Gasteiger partial charge in [-0.2, -0.15) is 5.26 Å². The van der Waals surface area contributed by atoms with E-state index < -0.39 is 5.91 Å². The van der Waals surface area contributed by atoms with Crippen LogP contribution >= 0.6 is 23.2 Å². The third kappa shape index (κ3) is 4.39. The average Bonchev–Trinajstić information content (AvgIpc) is 2.54. The van der Waals surface area contributed by atoms with Gasteiger partial charge in [-0.3, -0.25) is 4.79 Å². The second kappa shape index (κ2) is 7.54. The zero-order valence-electron chi connectivity index (χ0n) is 11.7. The molecule has 0 radical (unpaired) electrons. The van der Waals surface area contributed by atoms with E-state index in [1.807, 2.05) is 0 Å². The van der Waals surface area contributed by atoms with Crippen LogP contribution in [0.1, 0.15) is 0 Å². The van der Waals surface area contributed by atoms with Crippen LogP contribution in [0.2, 0.25) is 10.0 Å². The van der Waals surface area contributed by atoms with Crippen molar-refractivity contribution in [2.45, 2.75) is 0 Å². The molecule has 0 spiro atoms. The molecule has 0 atom stereocenters. The number of nitriles is 1. The molecule has 0 aromatic heterocycles. The number of aromatic hydroxyl groups is 1. The van der Waals surface area contributed by atoms with Gasteiger partial charge in [0.05, 0.1) is 15.7 Å². The van der Waals surface area contributed by atoms with Gasteiger partial charge in [-0.15, -0.1) is 0 Å². The van der Waals surface area contributed by atoms with Crippen LogP contribution in [0, 0.1) is 11.3 Å². The van der Waals surface area contributed by atoms with Crippen molar-refractivity contribution < 1.29 is 9.90 Å². The summed E-state index contributed by atoms with van der Waals surface area (Å²) in [6.07, 6.45) is 1.26. The van der Waals surface area contributed by atoms with Crippen molar-refractivity contribution in [1.82, 2.24) is 0 Å². The summed E-state index contributed by atoms with van der Waals surface area (Å²) in [5, 5.41) is 24.1. The number of carbonyl (C=O) groups is 1. The first-order chi connectivity index (χ1) is 11.0. The minimum absolute atomic E-state index is 0.119. The van der Waals surface area contributed by atoms with Crippen molar-refractivity contribution in [2.75, 3.05) is 10.6 Å². The van der Waals surface area contributed by atoms with Gasteiger partial charge in [0.15, 0.2) is 0 Å². The van der Waals surface area contributed by atoms with Crippen LogP contribution in [0.25, 0.3) is 0 Å². The smallest absolute Gasteiger partial charge is 0.267 e. The molecule has 0 aliphatic carbocycles. The summed E-state index contributed by atoms with van der Waals surface area (Å²) in [6, 6.07) is 12.8. The highest BCUT2D eigenvalue weighted by molar-refractivity contribution is 6.44. The van der Waals surface area contributed by atoms with E-state index in [-0.39, 0.29) is 16.3 Å². The van der Waals surface area contributed by atoms with Crippen LogP contribution in [0.15, 0.2) is 54.2 Å². The molecule has 116 valence electrons. The van der Waals surface area contributed by atoms with Crippen LogP contribution in [-0.2, 0) is 4.79 Å². The quantitative estimate of drug-likeness (QED) is 0.440. The average molecular weight is 348 g/mol. The Kier molecular flexibility index (Phi) is 5.47. The molecule has 0 aliphatic rings. The number of halogens is 2. The third-order valence-corrected chi connectivity index (χ3v) is 3.63. The van der Waals surface area contributed by atoms with Crippen LogP contribution < -0.4 is 10.6 Å². The molecule has 0 saturated carbocycles. The van der Waals surface area contributed by atoms with Gasteiger partial charge >= 0.3 is 0 Å². The second-order valence-electron chi connectivity index (χ2n) is 4.42. The summed E-state index contributed by atoms with van der Waals surface area (Å²) in [7, 11) is 0. The minimum atomic E-state index is -0.622. The number of amides is 1. The van der Waals surface area contributed by atoms with E-state index in [2.05, 4.69) is 10.6 Å². The van der Waals surface area contributed by atoms with Crippen LogP contribution in [0.5, 0.6) is 5.75 Å². The van der Waals surface area contributed by atoms with Crippen LogP contribution in [-0.4, -0.2) is 11.0 Å². The molecule has 0 aliphatic heterocycles. The lowest BCUT2D eigenvalue weighted by Crippen LogP contribution is -2.14. The lowest BCUT2D eigenvalue weighted by Gasteiger charge is -2.08. The molecule has 5 nitrogen and oxygen atoms in total. The standard InChI is InChI=1S/C16H11Cl2N3O2/c17-13-2-1-3-14(15(13)18)21-16(23)10(8-19)9-20-11-4-6-12(22)7-5-11/h1-7,9,20,22H,(H,21,23)/b10-9-. The van der Waals surface area contributed by atoms with Gasteiger partial charge in [0.25, 0.3) is 5.91 Å². The van der Waals surface area contributed by atoms with Gasteiger partial charge in [0.2, 0.25) is 0 Å². The normalized spacial score (nSPS) is 10.7. The van der Waals surface area contributed by atoms with Crippen molar-refractivity contribution in [2.24, 2.45) is 0 Å². The highest BCUT2D eigenvalue weighted by atomic mass is 35.5. The van der Waals surface area contributed by atoms with Crippen molar-refractivity contribution >= 4 is 40.5 Å². The van der Waals surface area contributed by atoms with Crippen molar-refractivity contribution in [3.05, 3.63) is 64.3 Å². The first kappa shape index (κ1) is 16.7. The maximum absolute atomic E-state index is 12.1. The Bertz CT molecular complexity index is 796. The lowest BCUT2D eigenvalue weighted by atomic mass is 10.2. The van der Waals surface area contributed by atoms with E-state index >= 15 is 0 Å². The van der Waals surface area contributed by atoms with Crippen molar-refractivity contribution in [3.63, 3.8) is 0 Å². The Morgan fingerprint density at radius 1 is 1.17 bits per heavy atom. The number of benzene rings is 2. The molecule has 2 aromatic carbocycles. The number of phenolic OH excluding ortho intramolecular Hbond substituents is 1. The Morgan fingerprint density at radius 3 is 2.52 bits per heavy atom. The SMILES string of the molecule is N#C/C(=C/Nc1ccc(O)cc1)C(=O)Nc1cccc(Cl)c1Cl. The van der Waals surface area contributed by atoms with E-state index in [0.717, 1.165) is 0 Å². The lowest BCUT2D eigenvalue weighted by molar-refractivity contribution is -0.112. The van der Waals surface area contributed by atoms with Crippen LogP contribution in [0.4, 0.5) is 11.4 Å². The topological polar surface area (TPSA) is 85.2 Å². The highest BCUT2D eigenvalue weighted by Gasteiger charge is 2.12. The van der Waals surface area contributed by atoms with Gasteiger partial charge < -0.3 is 15.7 Å². The van der Waals surface area contributed by atoms with Crippen molar-refractivity contribution in [3.8, 4) is 11.8 Å². The maximum atomic E-state index is 12.1. The fourth-order valence-corrected chi connectivity index (χ4v) is 2.00. The summed E-state index contributed by atoms with van der Waals surface area (Å²) in [4.78, 5) is 12.1. The molecular weight excluding hydrogens is 337 g/mol. The van der Waals surface area contributed by atoms with E-state index in [1.54, 1.807) is 36.4 Å². The molecule has 0 saturated heterocycles. The number of carbonyl (C=O) groups excluding carboxylic acids is 1. The molecule has 0 heterocycles. The Hall–Kier alpha value is -2.68. The molecule has 23 heavy (non-hydrogen) atoms. The predicted octanol–water partition coefficient (Wildman–Crippen LogP) is 4.16. The molecule has 2 aromatic rings. The van der Waals surface area contributed by atoms with Gasteiger partial charge in [-0.1, -0.05) is 29.3 Å². The fraction of sp³-hybridized carbons (Fsp3) is 0. The number of hydrogen-bond acceptors (Lipinski definition) is 4. The predicted molar refractivity (Wildman–Crippen MR) is 90.5 cm³/mol. The summed E-state index contributed by atoms with van der Waals surface area (Å²) >= 11 is 11.9. The van der Waals surface area contributed by atoms with E-state index in [9.17, 15) is 9.90 Å². The maximum Gasteiger partial charge on any atom is 0.267 e. The van der Waals surface area contributed by atoms with E-state index in [4.69, 9.17) is 28.5 Å². The first-order valence-electron chi connectivity index (χ1n) is 6.42. The van der Waals surface area contributed by atoms with Gasteiger partial charge in [-0.05, 0) is 36.4 Å². The first-order valence-corrected chi connectivity index (χ1v) is 7.18. The van der Waals surface area contributed by atoms with E-state index in [0.29, 0.717) is 16.4 Å². The molecule has 7 heteroatoms. The minimum Gasteiger partial charge on any atom is -0.508 e. The van der Waals surface area contributed by atoms with Crippen molar-refractivity contribution in [1.29, 1.82) is 5.26 Å². The monoisotopic (exact) mass is 347 g/mol. The number of anilines is 2. The number of rotatable bonds is 4. The summed E-state index contributed by atoms with van der Waals surface area (Å²) in [5.74, 6) is -0.503. The molecule has 2 rings (SSSR count). The number of phenols is 1. The Morgan fingerprint density at radius 2 is 1.87 bits per heavy atom. The van der Waals surface area contributed by atoms with E-state index in [1.165, 1.54) is 18.3 Å². The number of nitrogens with zero attached hydrogens (tertiary/aromatic N) is 1. The number of nitrogens with one attached hydrogen (secondary N) is 2. The molecule has 1 amide bonds. The number of hydrogen-bond donors (Lipinski definition) is 3. The Labute approximate surface area is 142 Å². The Balaban J connectivity index is 2.12. The van der Waals surface area contributed by atoms with Gasteiger partial charge in [-0.25, -0.2) is 0 Å². The largest absolute Gasteiger partial charge is 0.508 e. The second-order valence-corrected chi connectivity index (χ2v) is 5.20. The zero-order valence-corrected chi connectivity index (χ0v) is 13.2. The molecule has 0 unspecified atom stereocenters. The molecular formula is C16H11Cl2N3O2. The molecule has 3 N–H and O–H groups in total. The summed E-state index contributed by atoms with van der Waals surface area (Å²) in [5.41, 5.74) is 0.785. The zero-order chi connectivity index (χ0) is 16.8. The molecule has 0 bridgehead atoms. The fourth-order valence-electron chi connectivity index (χ4n) is 1.65. The van der Waals surface area contributed by atoms with Gasteiger partial charge in [0, 0.05) is 11.9 Å². The van der Waals surface area contributed by atoms with Crippen LogP contribution in [0.3, 0.4) is 0 Å². The highest BCUT2D eigenvalue weighted by Crippen LogP contribution is 2.29. The summed E-state index contributed by atoms with van der Waals surface area (Å²) < 4.78 is 0. The summed E-state index contributed by atoms with van der Waals surface area (Å²) in [6.45, 7) is 0.